The fraction of sp³-hybridized carbons (Fsp3) is 0.500. The van der Waals surface area contributed by atoms with Gasteiger partial charge < -0.3 is 19.6 Å². The summed E-state index contributed by atoms with van der Waals surface area (Å²) in [5, 5.41) is 0. The maximum absolute atomic E-state index is 11.9. The first-order chi connectivity index (χ1) is 10.4. The summed E-state index contributed by atoms with van der Waals surface area (Å²) in [6.45, 7) is 3.98. The highest BCUT2D eigenvalue weighted by molar-refractivity contribution is 5.82. The van der Waals surface area contributed by atoms with Crippen LogP contribution in [0.25, 0.3) is 0 Å². The third-order valence-corrected chi connectivity index (χ3v) is 3.75. The SMILES string of the molecule is C/N=C(/N(C)Cc1cccc(C)c1)N1CN(C)C(=O)N(C)C1. The number of hydrogen-bond acceptors (Lipinski definition) is 2. The van der Waals surface area contributed by atoms with Crippen molar-refractivity contribution in [1.82, 2.24) is 19.6 Å². The highest BCUT2D eigenvalue weighted by atomic mass is 16.2. The molecule has 1 aromatic rings. The number of nitrogens with zero attached hydrogens (tertiary/aromatic N) is 5. The van der Waals surface area contributed by atoms with Crippen LogP contribution in [0.4, 0.5) is 4.79 Å². The second kappa shape index (κ2) is 6.68. The Hall–Kier alpha value is -2.24. The monoisotopic (exact) mass is 303 g/mol. The Bertz CT molecular complexity index is 557. The van der Waals surface area contributed by atoms with Crippen molar-refractivity contribution in [2.24, 2.45) is 4.99 Å². The van der Waals surface area contributed by atoms with Crippen LogP contribution in [0.2, 0.25) is 0 Å². The summed E-state index contributed by atoms with van der Waals surface area (Å²) in [4.78, 5) is 23.9. The van der Waals surface area contributed by atoms with Crippen LogP contribution in [0.1, 0.15) is 11.1 Å². The van der Waals surface area contributed by atoms with Gasteiger partial charge in [0.25, 0.3) is 0 Å². The van der Waals surface area contributed by atoms with E-state index in [9.17, 15) is 4.79 Å². The van der Waals surface area contributed by atoms with Gasteiger partial charge in [0.05, 0.1) is 13.3 Å². The minimum Gasteiger partial charge on any atom is -0.341 e. The number of aryl methyl sites for hydroxylation is 1. The number of carbonyl (C=O) groups excluding carboxylic acids is 1. The fourth-order valence-corrected chi connectivity index (χ4v) is 2.80. The zero-order valence-corrected chi connectivity index (χ0v) is 14.1. The maximum atomic E-state index is 11.9. The van der Waals surface area contributed by atoms with Crippen molar-refractivity contribution in [3.63, 3.8) is 0 Å². The predicted molar refractivity (Wildman–Crippen MR) is 88.5 cm³/mol. The quantitative estimate of drug-likeness (QED) is 0.616. The largest absolute Gasteiger partial charge is 0.341 e. The Labute approximate surface area is 132 Å². The molecule has 22 heavy (non-hydrogen) atoms. The van der Waals surface area contributed by atoms with Gasteiger partial charge in [-0.05, 0) is 12.5 Å². The van der Waals surface area contributed by atoms with E-state index in [2.05, 4.69) is 46.0 Å². The lowest BCUT2D eigenvalue weighted by atomic mass is 10.1. The van der Waals surface area contributed by atoms with Crippen molar-refractivity contribution in [3.05, 3.63) is 35.4 Å². The minimum absolute atomic E-state index is 0.0352. The number of carbonyl (C=O) groups is 1. The first-order valence-electron chi connectivity index (χ1n) is 7.37. The van der Waals surface area contributed by atoms with E-state index in [1.165, 1.54) is 11.1 Å². The van der Waals surface area contributed by atoms with E-state index in [1.807, 2.05) is 7.05 Å². The van der Waals surface area contributed by atoms with Gasteiger partial charge in [0.1, 0.15) is 0 Å². The molecule has 1 aromatic carbocycles. The van der Waals surface area contributed by atoms with E-state index in [0.717, 1.165) is 12.5 Å². The van der Waals surface area contributed by atoms with E-state index < -0.39 is 0 Å². The summed E-state index contributed by atoms with van der Waals surface area (Å²) in [5.74, 6) is 0.882. The number of rotatable bonds is 2. The second-order valence-electron chi connectivity index (χ2n) is 5.87. The highest BCUT2D eigenvalue weighted by Crippen LogP contribution is 2.12. The van der Waals surface area contributed by atoms with Crippen LogP contribution < -0.4 is 0 Å². The van der Waals surface area contributed by atoms with E-state index >= 15 is 0 Å². The van der Waals surface area contributed by atoms with Gasteiger partial charge >= 0.3 is 6.03 Å². The standard InChI is InChI=1S/C16H25N5O/c1-13-7-6-8-14(9-13)10-18(3)15(17-2)21-11-19(4)16(22)20(5)12-21/h6-9H,10-12H2,1-5H3/b17-15-. The van der Waals surface area contributed by atoms with Crippen molar-refractivity contribution < 1.29 is 4.79 Å². The molecule has 0 atom stereocenters. The molecule has 0 spiro atoms. The summed E-state index contributed by atoms with van der Waals surface area (Å²) in [7, 11) is 7.43. The topological polar surface area (TPSA) is 42.4 Å². The Morgan fingerprint density at radius 1 is 1.27 bits per heavy atom. The molecule has 0 aromatic heterocycles. The van der Waals surface area contributed by atoms with Crippen LogP contribution in [0.15, 0.2) is 29.3 Å². The molecular formula is C16H25N5O. The minimum atomic E-state index is 0.0352. The van der Waals surface area contributed by atoms with Gasteiger partial charge in [-0.3, -0.25) is 4.99 Å². The molecule has 1 heterocycles. The number of urea groups is 1. The first-order valence-corrected chi connectivity index (χ1v) is 7.37. The second-order valence-corrected chi connectivity index (χ2v) is 5.87. The summed E-state index contributed by atoms with van der Waals surface area (Å²) in [5.41, 5.74) is 2.50. The number of aliphatic imine (C=N–C) groups is 1. The molecule has 0 bridgehead atoms. The number of guanidine groups is 1. The molecule has 0 radical (unpaired) electrons. The van der Waals surface area contributed by atoms with E-state index in [-0.39, 0.29) is 6.03 Å². The van der Waals surface area contributed by atoms with Gasteiger partial charge in [-0.2, -0.15) is 0 Å². The molecule has 6 nitrogen and oxygen atoms in total. The molecule has 1 fully saturated rings. The van der Waals surface area contributed by atoms with Crippen LogP contribution in [0.3, 0.4) is 0 Å². The fourth-order valence-electron chi connectivity index (χ4n) is 2.80. The highest BCUT2D eigenvalue weighted by Gasteiger charge is 2.28. The van der Waals surface area contributed by atoms with Gasteiger partial charge in [-0.25, -0.2) is 4.79 Å². The van der Waals surface area contributed by atoms with Crippen molar-refractivity contribution >= 4 is 12.0 Å². The molecule has 1 aliphatic heterocycles. The van der Waals surface area contributed by atoms with Crippen LogP contribution in [0, 0.1) is 6.92 Å². The lowest BCUT2D eigenvalue weighted by Crippen LogP contribution is -2.59. The van der Waals surface area contributed by atoms with Crippen LogP contribution in [-0.4, -0.2) is 73.1 Å². The predicted octanol–water partition coefficient (Wildman–Crippen LogP) is 1.63. The van der Waals surface area contributed by atoms with Gasteiger partial charge in [-0.1, -0.05) is 29.8 Å². The lowest BCUT2D eigenvalue weighted by Gasteiger charge is -2.42. The smallest absolute Gasteiger partial charge is 0.322 e. The molecule has 2 rings (SSSR count). The van der Waals surface area contributed by atoms with E-state index in [1.54, 1.807) is 30.9 Å². The van der Waals surface area contributed by atoms with Crippen molar-refractivity contribution in [2.45, 2.75) is 13.5 Å². The van der Waals surface area contributed by atoms with Crippen molar-refractivity contribution in [2.75, 3.05) is 41.5 Å². The normalized spacial score (nSPS) is 16.3. The molecule has 0 saturated carbocycles. The number of amides is 2. The van der Waals surface area contributed by atoms with Crippen LogP contribution in [0.5, 0.6) is 0 Å². The summed E-state index contributed by atoms with van der Waals surface area (Å²) < 4.78 is 0. The first kappa shape index (κ1) is 16.1. The molecule has 1 saturated heterocycles. The molecule has 0 N–H and O–H groups in total. The lowest BCUT2D eigenvalue weighted by molar-refractivity contribution is 0.0876. The number of benzene rings is 1. The molecule has 0 unspecified atom stereocenters. The van der Waals surface area contributed by atoms with Crippen molar-refractivity contribution in [1.29, 1.82) is 0 Å². The third kappa shape index (κ3) is 3.50. The Kier molecular flexibility index (Phi) is 4.90. The maximum Gasteiger partial charge on any atom is 0.322 e. The van der Waals surface area contributed by atoms with Gasteiger partial charge in [-0.15, -0.1) is 0 Å². The van der Waals surface area contributed by atoms with Gasteiger partial charge in [0, 0.05) is 34.7 Å². The van der Waals surface area contributed by atoms with Gasteiger partial charge in [0.2, 0.25) is 0 Å². The molecule has 2 amide bonds. The summed E-state index contributed by atoms with van der Waals surface area (Å²) >= 11 is 0. The zero-order chi connectivity index (χ0) is 16.3. The van der Waals surface area contributed by atoms with Crippen LogP contribution >= 0.6 is 0 Å². The average molecular weight is 303 g/mol. The molecule has 1 aliphatic rings. The molecular weight excluding hydrogens is 278 g/mol. The molecule has 120 valence electrons. The summed E-state index contributed by atoms with van der Waals surface area (Å²) in [6.07, 6.45) is 0. The Morgan fingerprint density at radius 3 is 2.45 bits per heavy atom. The Morgan fingerprint density at radius 2 is 1.91 bits per heavy atom. The zero-order valence-electron chi connectivity index (χ0n) is 14.1. The third-order valence-electron chi connectivity index (χ3n) is 3.75. The van der Waals surface area contributed by atoms with E-state index in [0.29, 0.717) is 13.3 Å². The molecule has 0 aliphatic carbocycles. The number of hydrogen-bond donors (Lipinski definition) is 0. The van der Waals surface area contributed by atoms with Crippen molar-refractivity contribution in [3.8, 4) is 0 Å². The summed E-state index contributed by atoms with van der Waals surface area (Å²) in [6, 6.07) is 8.50. The van der Waals surface area contributed by atoms with Crippen LogP contribution in [-0.2, 0) is 6.54 Å². The van der Waals surface area contributed by atoms with E-state index in [4.69, 9.17) is 0 Å². The average Bonchev–Trinajstić information content (AvgIpc) is 2.45. The molecule has 6 heteroatoms. The van der Waals surface area contributed by atoms with Gasteiger partial charge in [0.15, 0.2) is 5.96 Å². The Balaban J connectivity index is 2.09.